The van der Waals surface area contributed by atoms with Crippen molar-refractivity contribution in [3.8, 4) is 0 Å². The fourth-order valence-electron chi connectivity index (χ4n) is 3.28. The van der Waals surface area contributed by atoms with Gasteiger partial charge in [-0.1, -0.05) is 36.4 Å². The summed E-state index contributed by atoms with van der Waals surface area (Å²) in [5.74, 6) is -2.22. The van der Waals surface area contributed by atoms with Crippen LogP contribution >= 0.6 is 0 Å². The summed E-state index contributed by atoms with van der Waals surface area (Å²) in [6.07, 6.45) is -1.14. The van der Waals surface area contributed by atoms with Crippen LogP contribution in [0.25, 0.3) is 10.8 Å². The van der Waals surface area contributed by atoms with E-state index in [-0.39, 0.29) is 18.9 Å². The first-order valence-corrected chi connectivity index (χ1v) is 9.48. The minimum atomic E-state index is -1.15. The van der Waals surface area contributed by atoms with Gasteiger partial charge in [0.2, 0.25) is 5.91 Å². The Hall–Kier alpha value is -3.42. The molecule has 1 saturated heterocycles. The molecule has 0 aromatic heterocycles. The molecule has 2 N–H and O–H groups in total. The molecular weight excluding hydrogens is 374 g/mol. The topological polar surface area (TPSA) is 105 Å². The van der Waals surface area contributed by atoms with Gasteiger partial charge in [-0.15, -0.1) is 0 Å². The lowest BCUT2D eigenvalue weighted by Gasteiger charge is -2.19. The molecular formula is C21H23N3O5. The summed E-state index contributed by atoms with van der Waals surface area (Å²) < 4.78 is 5.19. The number of rotatable bonds is 5. The second-order valence-electron chi connectivity index (χ2n) is 6.83. The summed E-state index contributed by atoms with van der Waals surface area (Å²) >= 11 is 0. The normalized spacial score (nSPS) is 17.1. The maximum atomic E-state index is 12.6. The number of hydrogen-bond acceptors (Lipinski definition) is 5. The molecule has 0 aliphatic carbocycles. The maximum Gasteiger partial charge on any atom is 0.321 e. The Labute approximate surface area is 168 Å². The van der Waals surface area contributed by atoms with Crippen molar-refractivity contribution >= 4 is 40.3 Å². The van der Waals surface area contributed by atoms with Crippen LogP contribution in [-0.2, 0) is 19.1 Å². The van der Waals surface area contributed by atoms with E-state index < -0.39 is 29.9 Å². The fourth-order valence-corrected chi connectivity index (χ4v) is 3.28. The standard InChI is InChI=1S/C21H23N3O5/c1-3-22-21(28)23-19(26)13(2)29-20(27)15-11-18(25)24(12-15)17-10-6-8-14-7-4-5-9-16(14)17/h4-10,13,15H,3,11-12H2,1-2H3,(H2,22,23,26,28). The summed E-state index contributed by atoms with van der Waals surface area (Å²) in [6, 6.07) is 12.7. The van der Waals surface area contributed by atoms with E-state index in [2.05, 4.69) is 10.6 Å². The van der Waals surface area contributed by atoms with Crippen LogP contribution in [0, 0.1) is 5.92 Å². The van der Waals surface area contributed by atoms with E-state index in [1.54, 1.807) is 11.8 Å². The molecule has 1 aliphatic rings. The number of fused-ring (bicyclic) bond motifs is 1. The van der Waals surface area contributed by atoms with Gasteiger partial charge in [-0.2, -0.15) is 0 Å². The quantitative estimate of drug-likeness (QED) is 0.751. The van der Waals surface area contributed by atoms with E-state index in [4.69, 9.17) is 4.74 Å². The van der Waals surface area contributed by atoms with E-state index in [9.17, 15) is 19.2 Å². The Morgan fingerprint density at radius 3 is 2.66 bits per heavy atom. The Morgan fingerprint density at radius 2 is 1.90 bits per heavy atom. The molecule has 1 aliphatic heterocycles. The molecule has 8 heteroatoms. The van der Waals surface area contributed by atoms with E-state index in [0.29, 0.717) is 6.54 Å². The zero-order valence-electron chi connectivity index (χ0n) is 16.3. The number of imide groups is 1. The number of nitrogens with zero attached hydrogens (tertiary/aromatic N) is 1. The van der Waals surface area contributed by atoms with Gasteiger partial charge >= 0.3 is 12.0 Å². The molecule has 0 bridgehead atoms. The van der Waals surface area contributed by atoms with E-state index in [1.165, 1.54) is 6.92 Å². The van der Waals surface area contributed by atoms with Gasteiger partial charge in [0.1, 0.15) is 0 Å². The molecule has 2 aromatic rings. The molecule has 8 nitrogen and oxygen atoms in total. The number of nitrogens with one attached hydrogen (secondary N) is 2. The number of carbonyl (C=O) groups is 4. The van der Waals surface area contributed by atoms with Gasteiger partial charge in [-0.25, -0.2) is 4.79 Å². The molecule has 2 unspecified atom stereocenters. The van der Waals surface area contributed by atoms with Gasteiger partial charge in [0.05, 0.1) is 11.6 Å². The summed E-state index contributed by atoms with van der Waals surface area (Å²) in [4.78, 5) is 50.0. The number of urea groups is 1. The maximum absolute atomic E-state index is 12.6. The summed E-state index contributed by atoms with van der Waals surface area (Å²) in [6.45, 7) is 3.63. The molecule has 2 atom stereocenters. The molecule has 0 saturated carbocycles. The fraction of sp³-hybridized carbons (Fsp3) is 0.333. The first-order valence-electron chi connectivity index (χ1n) is 9.48. The highest BCUT2D eigenvalue weighted by Gasteiger charge is 2.37. The van der Waals surface area contributed by atoms with Crippen molar-refractivity contribution in [3.63, 3.8) is 0 Å². The predicted molar refractivity (Wildman–Crippen MR) is 107 cm³/mol. The SMILES string of the molecule is CCNC(=O)NC(=O)C(C)OC(=O)C1CC(=O)N(c2cccc3ccccc23)C1. The Kier molecular flexibility index (Phi) is 6.11. The van der Waals surface area contributed by atoms with Crippen molar-refractivity contribution in [3.05, 3.63) is 42.5 Å². The van der Waals surface area contributed by atoms with Crippen LogP contribution in [0.5, 0.6) is 0 Å². The Morgan fingerprint density at radius 1 is 1.17 bits per heavy atom. The average molecular weight is 397 g/mol. The van der Waals surface area contributed by atoms with Crippen LogP contribution < -0.4 is 15.5 Å². The molecule has 29 heavy (non-hydrogen) atoms. The minimum absolute atomic E-state index is 0.00666. The molecule has 0 spiro atoms. The summed E-state index contributed by atoms with van der Waals surface area (Å²) in [5.41, 5.74) is 0.741. The lowest BCUT2D eigenvalue weighted by atomic mass is 10.1. The van der Waals surface area contributed by atoms with Gasteiger partial charge in [0, 0.05) is 24.9 Å². The van der Waals surface area contributed by atoms with Gasteiger partial charge in [-0.3, -0.25) is 19.7 Å². The van der Waals surface area contributed by atoms with Crippen LogP contribution in [0.3, 0.4) is 0 Å². The van der Waals surface area contributed by atoms with Crippen LogP contribution in [0.4, 0.5) is 10.5 Å². The van der Waals surface area contributed by atoms with Crippen molar-refractivity contribution in [2.75, 3.05) is 18.0 Å². The molecule has 3 rings (SSSR count). The molecule has 1 heterocycles. The lowest BCUT2D eigenvalue weighted by molar-refractivity contribution is -0.158. The molecule has 1 fully saturated rings. The Bertz CT molecular complexity index is 953. The number of esters is 1. The number of ether oxygens (including phenoxy) is 1. The average Bonchev–Trinajstić information content (AvgIpc) is 3.09. The first kappa shape index (κ1) is 20.3. The Balaban J connectivity index is 1.66. The van der Waals surface area contributed by atoms with E-state index in [0.717, 1.165) is 16.5 Å². The van der Waals surface area contributed by atoms with Crippen molar-refractivity contribution in [1.29, 1.82) is 0 Å². The highest BCUT2D eigenvalue weighted by molar-refractivity contribution is 6.06. The molecule has 2 aromatic carbocycles. The molecule has 0 radical (unpaired) electrons. The zero-order valence-corrected chi connectivity index (χ0v) is 16.3. The van der Waals surface area contributed by atoms with Crippen LogP contribution in [0.1, 0.15) is 20.3 Å². The van der Waals surface area contributed by atoms with Gasteiger partial charge in [0.15, 0.2) is 6.10 Å². The van der Waals surface area contributed by atoms with E-state index >= 15 is 0 Å². The predicted octanol–water partition coefficient (Wildman–Crippen LogP) is 1.97. The number of amides is 4. The van der Waals surface area contributed by atoms with Gasteiger partial charge in [0.25, 0.3) is 5.91 Å². The number of anilines is 1. The zero-order chi connectivity index (χ0) is 21.0. The number of hydrogen-bond donors (Lipinski definition) is 2. The third kappa shape index (κ3) is 4.53. The van der Waals surface area contributed by atoms with Crippen molar-refractivity contribution in [1.82, 2.24) is 10.6 Å². The minimum Gasteiger partial charge on any atom is -0.452 e. The monoisotopic (exact) mass is 397 g/mol. The molecule has 4 amide bonds. The molecule has 152 valence electrons. The number of benzene rings is 2. The summed E-state index contributed by atoms with van der Waals surface area (Å²) in [7, 11) is 0. The second kappa shape index (κ2) is 8.72. The van der Waals surface area contributed by atoms with Crippen LogP contribution in [0.2, 0.25) is 0 Å². The van der Waals surface area contributed by atoms with Crippen molar-refractivity contribution in [2.24, 2.45) is 5.92 Å². The largest absolute Gasteiger partial charge is 0.452 e. The smallest absolute Gasteiger partial charge is 0.321 e. The lowest BCUT2D eigenvalue weighted by Crippen LogP contribution is -2.45. The third-order valence-electron chi connectivity index (χ3n) is 4.75. The van der Waals surface area contributed by atoms with Crippen LogP contribution in [-0.4, -0.2) is 43.0 Å². The van der Waals surface area contributed by atoms with Gasteiger partial charge in [-0.05, 0) is 25.3 Å². The van der Waals surface area contributed by atoms with Crippen LogP contribution in [0.15, 0.2) is 42.5 Å². The third-order valence-corrected chi connectivity index (χ3v) is 4.75. The number of carbonyl (C=O) groups excluding carboxylic acids is 4. The highest BCUT2D eigenvalue weighted by atomic mass is 16.5. The first-order chi connectivity index (χ1) is 13.9. The highest BCUT2D eigenvalue weighted by Crippen LogP contribution is 2.32. The van der Waals surface area contributed by atoms with Gasteiger partial charge < -0.3 is 15.0 Å². The van der Waals surface area contributed by atoms with Crippen molar-refractivity contribution < 1.29 is 23.9 Å². The summed E-state index contributed by atoms with van der Waals surface area (Å²) in [5, 5.41) is 6.44. The van der Waals surface area contributed by atoms with E-state index in [1.807, 2.05) is 42.5 Å². The second-order valence-corrected chi connectivity index (χ2v) is 6.83. The van der Waals surface area contributed by atoms with Crippen molar-refractivity contribution in [2.45, 2.75) is 26.4 Å².